The van der Waals surface area contributed by atoms with Gasteiger partial charge in [0.25, 0.3) is 0 Å². The Kier molecular flexibility index (Phi) is 10.7. The second-order valence-electron chi connectivity index (χ2n) is 6.69. The molecule has 1 rings (SSSR count). The van der Waals surface area contributed by atoms with Crippen LogP contribution in [0.1, 0.15) is 33.3 Å². The zero-order valence-electron chi connectivity index (χ0n) is 15.6. The van der Waals surface area contributed by atoms with Crippen molar-refractivity contribution in [1.29, 1.82) is 0 Å². The summed E-state index contributed by atoms with van der Waals surface area (Å²) >= 11 is 0. The molecule has 5 nitrogen and oxygen atoms in total. The van der Waals surface area contributed by atoms with Gasteiger partial charge in [0.05, 0.1) is 0 Å². The number of hydrogen-bond donors (Lipinski definition) is 3. The van der Waals surface area contributed by atoms with Gasteiger partial charge in [0, 0.05) is 38.0 Å². The zero-order chi connectivity index (χ0) is 18.2. The zero-order valence-corrected chi connectivity index (χ0v) is 18.0. The minimum Gasteiger partial charge on any atom is -0.356 e. The highest BCUT2D eigenvalue weighted by atomic mass is 127. The number of nitrogens with zero attached hydrogens (tertiary/aromatic N) is 1. The Balaban J connectivity index is 0.00000576. The van der Waals surface area contributed by atoms with Crippen molar-refractivity contribution in [3.8, 4) is 0 Å². The third-order valence-electron chi connectivity index (χ3n) is 3.77. The van der Waals surface area contributed by atoms with Crippen molar-refractivity contribution >= 4 is 35.8 Å². The van der Waals surface area contributed by atoms with Crippen LogP contribution in [-0.4, -0.2) is 38.5 Å². The minimum atomic E-state index is -0.244. The van der Waals surface area contributed by atoms with Crippen LogP contribution >= 0.6 is 24.0 Å². The normalized spacial score (nSPS) is 11.7. The molecule has 1 aromatic rings. The fourth-order valence-corrected chi connectivity index (χ4v) is 2.11. The molecule has 3 N–H and O–H groups in total. The molecule has 0 saturated heterocycles. The molecule has 0 aliphatic heterocycles. The van der Waals surface area contributed by atoms with Crippen LogP contribution in [-0.2, 0) is 10.2 Å². The smallest absolute Gasteiger partial charge is 0.222 e. The molecule has 0 fully saturated rings. The van der Waals surface area contributed by atoms with E-state index in [0.29, 0.717) is 25.6 Å². The number of guanidine groups is 1. The van der Waals surface area contributed by atoms with Gasteiger partial charge in [-0.25, -0.2) is 4.39 Å². The molecule has 0 aromatic heterocycles. The lowest BCUT2D eigenvalue weighted by molar-refractivity contribution is -0.123. The summed E-state index contributed by atoms with van der Waals surface area (Å²) in [4.78, 5) is 15.6. The molecule has 0 radical (unpaired) electrons. The molecule has 0 aliphatic rings. The highest BCUT2D eigenvalue weighted by Gasteiger charge is 2.21. The van der Waals surface area contributed by atoms with Gasteiger partial charge in [0.2, 0.25) is 5.91 Å². The summed E-state index contributed by atoms with van der Waals surface area (Å²) in [6.07, 6.45) is 0. The number of halogens is 2. The molecule has 0 bridgehead atoms. The van der Waals surface area contributed by atoms with E-state index in [2.05, 4.69) is 20.9 Å². The first-order chi connectivity index (χ1) is 11.3. The van der Waals surface area contributed by atoms with Crippen molar-refractivity contribution in [1.82, 2.24) is 16.0 Å². The van der Waals surface area contributed by atoms with Crippen molar-refractivity contribution in [3.63, 3.8) is 0 Å². The summed E-state index contributed by atoms with van der Waals surface area (Å²) in [5.74, 6) is 0.434. The number of carbonyl (C=O) groups excluding carboxylic acids is 1. The molecule has 0 aliphatic carbocycles. The third-order valence-corrected chi connectivity index (χ3v) is 3.77. The first kappa shape index (κ1) is 23.6. The molecule has 7 heteroatoms. The van der Waals surface area contributed by atoms with E-state index in [1.807, 2.05) is 33.8 Å². The molecule has 0 spiro atoms. The van der Waals surface area contributed by atoms with E-state index in [9.17, 15) is 9.18 Å². The average Bonchev–Trinajstić information content (AvgIpc) is 2.53. The molecule has 0 unspecified atom stereocenters. The summed E-state index contributed by atoms with van der Waals surface area (Å²) in [6.45, 7) is 9.53. The maximum absolute atomic E-state index is 13.4. The van der Waals surface area contributed by atoms with E-state index in [1.54, 1.807) is 19.2 Å². The van der Waals surface area contributed by atoms with E-state index in [-0.39, 0.29) is 47.0 Å². The van der Waals surface area contributed by atoms with E-state index in [4.69, 9.17) is 0 Å². The second-order valence-corrected chi connectivity index (χ2v) is 6.69. The number of aliphatic imine (C=N–C) groups is 1. The van der Waals surface area contributed by atoms with Crippen molar-refractivity contribution in [3.05, 3.63) is 35.6 Å². The van der Waals surface area contributed by atoms with Gasteiger partial charge in [-0.3, -0.25) is 9.79 Å². The molecule has 0 atom stereocenters. The van der Waals surface area contributed by atoms with Crippen LogP contribution in [0.3, 0.4) is 0 Å². The number of amides is 1. The van der Waals surface area contributed by atoms with Crippen molar-refractivity contribution in [2.45, 2.75) is 33.1 Å². The van der Waals surface area contributed by atoms with E-state index in [1.165, 1.54) is 6.07 Å². The number of rotatable bonds is 7. The van der Waals surface area contributed by atoms with Gasteiger partial charge in [-0.05, 0) is 17.7 Å². The van der Waals surface area contributed by atoms with Gasteiger partial charge in [-0.2, -0.15) is 0 Å². The summed E-state index contributed by atoms with van der Waals surface area (Å²) in [5.41, 5.74) is 0.681. The first-order valence-electron chi connectivity index (χ1n) is 8.24. The lowest BCUT2D eigenvalue weighted by Crippen LogP contribution is -2.45. The topological polar surface area (TPSA) is 65.5 Å². The average molecular weight is 464 g/mol. The lowest BCUT2D eigenvalue weighted by atomic mass is 9.84. The number of hydrogen-bond acceptors (Lipinski definition) is 2. The summed E-state index contributed by atoms with van der Waals surface area (Å²) in [6, 6.07) is 6.64. The number of benzene rings is 1. The summed E-state index contributed by atoms with van der Waals surface area (Å²) in [5, 5.41) is 9.23. The monoisotopic (exact) mass is 464 g/mol. The van der Waals surface area contributed by atoms with Gasteiger partial charge in [-0.15, -0.1) is 24.0 Å². The van der Waals surface area contributed by atoms with Gasteiger partial charge in [0.1, 0.15) is 5.82 Å². The van der Waals surface area contributed by atoms with Crippen LogP contribution in [0.25, 0.3) is 0 Å². The Morgan fingerprint density at radius 3 is 2.40 bits per heavy atom. The van der Waals surface area contributed by atoms with Crippen molar-refractivity contribution in [2.75, 3.05) is 26.7 Å². The molecular formula is C18H30FIN4O. The Morgan fingerprint density at radius 2 is 1.84 bits per heavy atom. The molecule has 142 valence electrons. The molecule has 1 aromatic carbocycles. The second kappa shape index (κ2) is 11.3. The highest BCUT2D eigenvalue weighted by molar-refractivity contribution is 14.0. The fraction of sp³-hybridized carbons (Fsp3) is 0.556. The van der Waals surface area contributed by atoms with Gasteiger partial charge in [-0.1, -0.05) is 39.8 Å². The Labute approximate surface area is 167 Å². The maximum Gasteiger partial charge on any atom is 0.222 e. The van der Waals surface area contributed by atoms with Crippen molar-refractivity contribution < 1.29 is 9.18 Å². The highest BCUT2D eigenvalue weighted by Crippen LogP contribution is 2.22. The van der Waals surface area contributed by atoms with Crippen LogP contribution in [0, 0.1) is 11.7 Å². The number of carbonyl (C=O) groups is 1. The minimum absolute atomic E-state index is 0. The molecule has 0 heterocycles. The SMILES string of the molecule is CN=C(NCCNC(=O)C(C)C)NCC(C)(C)c1cccc(F)c1.I. The summed E-state index contributed by atoms with van der Waals surface area (Å²) < 4.78 is 13.4. The van der Waals surface area contributed by atoms with Gasteiger partial charge in [0.15, 0.2) is 5.96 Å². The van der Waals surface area contributed by atoms with Crippen LogP contribution in [0.2, 0.25) is 0 Å². The van der Waals surface area contributed by atoms with E-state index >= 15 is 0 Å². The summed E-state index contributed by atoms with van der Waals surface area (Å²) in [7, 11) is 1.69. The van der Waals surface area contributed by atoms with Crippen LogP contribution in [0.15, 0.2) is 29.3 Å². The van der Waals surface area contributed by atoms with Crippen LogP contribution in [0.5, 0.6) is 0 Å². The third kappa shape index (κ3) is 8.51. The lowest BCUT2D eigenvalue weighted by Gasteiger charge is -2.27. The Morgan fingerprint density at radius 1 is 1.20 bits per heavy atom. The fourth-order valence-electron chi connectivity index (χ4n) is 2.11. The van der Waals surface area contributed by atoms with Crippen LogP contribution < -0.4 is 16.0 Å². The largest absolute Gasteiger partial charge is 0.356 e. The van der Waals surface area contributed by atoms with Crippen molar-refractivity contribution in [2.24, 2.45) is 10.9 Å². The molecule has 0 saturated carbocycles. The molecule has 1 amide bonds. The Bertz CT molecular complexity index is 576. The van der Waals surface area contributed by atoms with E-state index in [0.717, 1.165) is 5.56 Å². The maximum atomic E-state index is 13.4. The molecular weight excluding hydrogens is 434 g/mol. The number of nitrogens with one attached hydrogen (secondary N) is 3. The van der Waals surface area contributed by atoms with E-state index < -0.39 is 0 Å². The first-order valence-corrected chi connectivity index (χ1v) is 8.24. The van der Waals surface area contributed by atoms with Gasteiger partial charge >= 0.3 is 0 Å². The Hall–Kier alpha value is -1.38. The standard InChI is InChI=1S/C18H29FN4O.HI/c1-13(2)16(24)21-9-10-22-17(20-5)23-12-18(3,4)14-7-6-8-15(19)11-14;/h6-8,11,13H,9-10,12H2,1-5H3,(H,21,24)(H2,20,22,23);1H. The predicted molar refractivity (Wildman–Crippen MR) is 112 cm³/mol. The molecule has 25 heavy (non-hydrogen) atoms. The van der Waals surface area contributed by atoms with Gasteiger partial charge < -0.3 is 16.0 Å². The quantitative estimate of drug-likeness (QED) is 0.252. The predicted octanol–water partition coefficient (Wildman–Crippen LogP) is 2.66. The van der Waals surface area contributed by atoms with Crippen LogP contribution in [0.4, 0.5) is 4.39 Å².